The van der Waals surface area contributed by atoms with Crippen molar-refractivity contribution in [3.8, 4) is 17.1 Å². The van der Waals surface area contributed by atoms with Gasteiger partial charge in [-0.3, -0.25) is 0 Å². The fourth-order valence-corrected chi connectivity index (χ4v) is 1.37. The molecule has 1 heterocycles. The number of benzene rings is 1. The van der Waals surface area contributed by atoms with Crippen LogP contribution in [-0.4, -0.2) is 12.2 Å². The van der Waals surface area contributed by atoms with Crippen LogP contribution in [-0.2, 0) is 6.61 Å². The van der Waals surface area contributed by atoms with E-state index in [-0.39, 0.29) is 6.61 Å². The van der Waals surface area contributed by atoms with Gasteiger partial charge in [0.2, 0.25) is 0 Å². The van der Waals surface area contributed by atoms with Gasteiger partial charge < -0.3 is 14.3 Å². The predicted octanol–water partition coefficient (Wildman–Crippen LogP) is 2.45. The van der Waals surface area contributed by atoms with Crippen LogP contribution in [0.1, 0.15) is 5.56 Å². The quantitative estimate of drug-likeness (QED) is 0.835. The Morgan fingerprint density at radius 2 is 2.00 bits per heavy atom. The molecular formula is C12H12O3. The number of furan rings is 1. The van der Waals surface area contributed by atoms with E-state index in [0.717, 1.165) is 22.6 Å². The molecule has 0 saturated carbocycles. The lowest BCUT2D eigenvalue weighted by Crippen LogP contribution is -1.81. The third-order valence-corrected chi connectivity index (χ3v) is 2.21. The zero-order chi connectivity index (χ0) is 10.7. The second kappa shape index (κ2) is 4.19. The number of ether oxygens (including phenoxy) is 1. The molecule has 1 N–H and O–H groups in total. The largest absolute Gasteiger partial charge is 0.497 e. The molecule has 0 unspecified atom stereocenters. The van der Waals surface area contributed by atoms with Crippen LogP contribution in [0.5, 0.6) is 5.75 Å². The summed E-state index contributed by atoms with van der Waals surface area (Å²) in [6.07, 6.45) is 1.56. The van der Waals surface area contributed by atoms with E-state index in [9.17, 15) is 0 Å². The topological polar surface area (TPSA) is 42.6 Å². The van der Waals surface area contributed by atoms with E-state index in [1.54, 1.807) is 13.4 Å². The first kappa shape index (κ1) is 9.80. The Morgan fingerprint density at radius 3 is 2.53 bits per heavy atom. The van der Waals surface area contributed by atoms with Crippen LogP contribution >= 0.6 is 0 Å². The molecule has 1 aromatic heterocycles. The summed E-state index contributed by atoms with van der Waals surface area (Å²) in [6.45, 7) is -0.000343. The molecule has 78 valence electrons. The summed E-state index contributed by atoms with van der Waals surface area (Å²) in [4.78, 5) is 0. The Bertz CT molecular complexity index is 428. The van der Waals surface area contributed by atoms with Gasteiger partial charge in [0.25, 0.3) is 0 Å². The third-order valence-electron chi connectivity index (χ3n) is 2.21. The second-order valence-corrected chi connectivity index (χ2v) is 3.21. The summed E-state index contributed by atoms with van der Waals surface area (Å²) in [5.41, 5.74) is 1.75. The highest BCUT2D eigenvalue weighted by atomic mass is 16.5. The molecule has 0 radical (unpaired) electrons. The molecule has 0 fully saturated rings. The maximum absolute atomic E-state index is 8.90. The van der Waals surface area contributed by atoms with Gasteiger partial charge in [0, 0.05) is 11.1 Å². The first-order valence-electron chi connectivity index (χ1n) is 4.66. The normalized spacial score (nSPS) is 10.3. The standard InChI is InChI=1S/C12H12O3/c1-14-11-4-2-10(3-5-11)12-6-9(7-13)8-15-12/h2-6,8,13H,7H2,1H3. The first-order chi connectivity index (χ1) is 7.33. The monoisotopic (exact) mass is 204 g/mol. The van der Waals surface area contributed by atoms with Gasteiger partial charge in [0.15, 0.2) is 0 Å². The van der Waals surface area contributed by atoms with Crippen molar-refractivity contribution >= 4 is 0 Å². The van der Waals surface area contributed by atoms with Crippen molar-refractivity contribution in [2.45, 2.75) is 6.61 Å². The lowest BCUT2D eigenvalue weighted by Gasteiger charge is -2.00. The molecule has 0 bridgehead atoms. The molecule has 0 amide bonds. The maximum Gasteiger partial charge on any atom is 0.134 e. The summed E-state index contributed by atoms with van der Waals surface area (Å²) >= 11 is 0. The Morgan fingerprint density at radius 1 is 1.27 bits per heavy atom. The van der Waals surface area contributed by atoms with Crippen molar-refractivity contribution in [3.05, 3.63) is 42.2 Å². The molecular weight excluding hydrogens is 192 g/mol. The van der Waals surface area contributed by atoms with Gasteiger partial charge in [-0.2, -0.15) is 0 Å². The first-order valence-corrected chi connectivity index (χ1v) is 4.66. The average Bonchev–Trinajstić information content (AvgIpc) is 2.78. The van der Waals surface area contributed by atoms with E-state index in [1.807, 2.05) is 30.3 Å². The van der Waals surface area contributed by atoms with Crippen LogP contribution < -0.4 is 4.74 Å². The van der Waals surface area contributed by atoms with Crippen LogP contribution in [0.25, 0.3) is 11.3 Å². The van der Waals surface area contributed by atoms with E-state index in [0.29, 0.717) is 0 Å². The zero-order valence-electron chi connectivity index (χ0n) is 8.43. The van der Waals surface area contributed by atoms with Crippen molar-refractivity contribution in [1.29, 1.82) is 0 Å². The molecule has 3 heteroatoms. The summed E-state index contributed by atoms with van der Waals surface area (Å²) < 4.78 is 10.4. The third kappa shape index (κ3) is 2.02. The molecule has 2 rings (SSSR count). The molecule has 2 aromatic rings. The number of hydrogen-bond donors (Lipinski definition) is 1. The SMILES string of the molecule is COc1ccc(-c2cc(CO)co2)cc1. The Balaban J connectivity index is 2.28. The van der Waals surface area contributed by atoms with Crippen LogP contribution in [0.2, 0.25) is 0 Å². The summed E-state index contributed by atoms with van der Waals surface area (Å²) in [5, 5.41) is 8.90. The van der Waals surface area contributed by atoms with E-state index in [4.69, 9.17) is 14.3 Å². The van der Waals surface area contributed by atoms with Crippen molar-refractivity contribution in [1.82, 2.24) is 0 Å². The van der Waals surface area contributed by atoms with Gasteiger partial charge in [-0.25, -0.2) is 0 Å². The van der Waals surface area contributed by atoms with Gasteiger partial charge in [-0.05, 0) is 30.3 Å². The van der Waals surface area contributed by atoms with Crippen LogP contribution in [0.4, 0.5) is 0 Å². The average molecular weight is 204 g/mol. The number of methoxy groups -OCH3 is 1. The highest BCUT2D eigenvalue weighted by Crippen LogP contribution is 2.24. The van der Waals surface area contributed by atoms with Crippen LogP contribution in [0, 0.1) is 0 Å². The summed E-state index contributed by atoms with van der Waals surface area (Å²) in [7, 11) is 1.63. The smallest absolute Gasteiger partial charge is 0.134 e. The minimum absolute atomic E-state index is 0.000343. The minimum atomic E-state index is -0.000343. The Hall–Kier alpha value is -1.74. The number of aliphatic hydroxyl groups is 1. The van der Waals surface area contributed by atoms with Gasteiger partial charge in [-0.1, -0.05) is 0 Å². The molecule has 3 nitrogen and oxygen atoms in total. The molecule has 0 aliphatic rings. The lowest BCUT2D eigenvalue weighted by molar-refractivity contribution is 0.280. The molecule has 0 spiro atoms. The van der Waals surface area contributed by atoms with E-state index >= 15 is 0 Å². The van der Waals surface area contributed by atoms with E-state index in [2.05, 4.69) is 0 Å². The number of hydrogen-bond acceptors (Lipinski definition) is 3. The van der Waals surface area contributed by atoms with Crippen LogP contribution in [0.15, 0.2) is 41.0 Å². The summed E-state index contributed by atoms with van der Waals surface area (Å²) in [5.74, 6) is 1.56. The van der Waals surface area contributed by atoms with Crippen molar-refractivity contribution in [3.63, 3.8) is 0 Å². The van der Waals surface area contributed by atoms with Gasteiger partial charge in [0.1, 0.15) is 11.5 Å². The summed E-state index contributed by atoms with van der Waals surface area (Å²) in [6, 6.07) is 9.40. The second-order valence-electron chi connectivity index (χ2n) is 3.21. The molecule has 0 saturated heterocycles. The fraction of sp³-hybridized carbons (Fsp3) is 0.167. The maximum atomic E-state index is 8.90. The van der Waals surface area contributed by atoms with E-state index in [1.165, 1.54) is 0 Å². The minimum Gasteiger partial charge on any atom is -0.497 e. The highest BCUT2D eigenvalue weighted by molar-refractivity contribution is 5.59. The highest BCUT2D eigenvalue weighted by Gasteiger charge is 2.03. The molecule has 1 aromatic carbocycles. The van der Waals surface area contributed by atoms with Crippen molar-refractivity contribution in [2.24, 2.45) is 0 Å². The van der Waals surface area contributed by atoms with Gasteiger partial charge >= 0.3 is 0 Å². The molecule has 15 heavy (non-hydrogen) atoms. The molecule has 0 atom stereocenters. The lowest BCUT2D eigenvalue weighted by atomic mass is 10.1. The number of aliphatic hydroxyl groups excluding tert-OH is 1. The Kier molecular flexibility index (Phi) is 2.74. The van der Waals surface area contributed by atoms with Crippen LogP contribution in [0.3, 0.4) is 0 Å². The zero-order valence-corrected chi connectivity index (χ0v) is 8.43. The van der Waals surface area contributed by atoms with Crippen molar-refractivity contribution < 1.29 is 14.3 Å². The molecule has 0 aliphatic carbocycles. The van der Waals surface area contributed by atoms with Crippen molar-refractivity contribution in [2.75, 3.05) is 7.11 Å². The van der Waals surface area contributed by atoms with Gasteiger partial charge in [-0.15, -0.1) is 0 Å². The molecule has 0 aliphatic heterocycles. The predicted molar refractivity (Wildman–Crippen MR) is 56.6 cm³/mol. The fourth-order valence-electron chi connectivity index (χ4n) is 1.37. The Labute approximate surface area is 87.9 Å². The van der Waals surface area contributed by atoms with Gasteiger partial charge in [0.05, 0.1) is 20.0 Å². The van der Waals surface area contributed by atoms with E-state index < -0.39 is 0 Å². The number of rotatable bonds is 3.